The van der Waals surface area contributed by atoms with Gasteiger partial charge >= 0.3 is 0 Å². The molecule has 4 unspecified atom stereocenters. The van der Waals surface area contributed by atoms with E-state index in [1.807, 2.05) is 18.2 Å². The third-order valence-corrected chi connectivity index (χ3v) is 4.95. The van der Waals surface area contributed by atoms with Crippen LogP contribution in [0.15, 0.2) is 23.8 Å². The molecule has 2 aliphatic heterocycles. The molecule has 0 radical (unpaired) electrons. The monoisotopic (exact) mass is 295 g/mol. The second-order valence-corrected chi connectivity index (χ2v) is 6.64. The molecule has 3 N–H and O–H groups in total. The summed E-state index contributed by atoms with van der Waals surface area (Å²) < 4.78 is 0. The molecule has 0 bridgehead atoms. The maximum absolute atomic E-state index is 10.6. The van der Waals surface area contributed by atoms with E-state index in [1.165, 1.54) is 5.57 Å². The van der Waals surface area contributed by atoms with Crippen molar-refractivity contribution in [1.29, 1.82) is 0 Å². The van der Waals surface area contributed by atoms with Gasteiger partial charge in [0, 0.05) is 18.7 Å². The lowest BCUT2D eigenvalue weighted by Gasteiger charge is -2.36. The summed E-state index contributed by atoms with van der Waals surface area (Å²) in [6.45, 7) is 4.97. The van der Waals surface area contributed by atoms with Gasteiger partial charge in [0.15, 0.2) is 0 Å². The van der Waals surface area contributed by atoms with Crippen LogP contribution < -0.4 is 0 Å². The maximum atomic E-state index is 10.6. The Bertz CT molecular complexity index is 403. The third-order valence-electron chi connectivity index (χ3n) is 4.95. The molecule has 2 fully saturated rings. The van der Waals surface area contributed by atoms with Crippen LogP contribution in [0.2, 0.25) is 0 Å². The standard InChI is InChI=1S/C17H29NO3/c1-13(8-4-3-7-11-19)12-14-16(20)17(2,21)15-9-5-6-10-18(14)15/h3-4,8,14-16,19-21H,5-7,9-12H2,1-2H3. The van der Waals surface area contributed by atoms with Crippen LogP contribution in [-0.4, -0.2) is 57.2 Å². The number of piperidine rings is 1. The van der Waals surface area contributed by atoms with Crippen molar-refractivity contribution in [3.63, 3.8) is 0 Å². The van der Waals surface area contributed by atoms with Crippen LogP contribution in [0.1, 0.15) is 46.0 Å². The van der Waals surface area contributed by atoms with E-state index in [0.717, 1.165) is 32.2 Å². The molecular formula is C17H29NO3. The fraction of sp³-hybridized carbons (Fsp3) is 0.765. The molecule has 0 saturated carbocycles. The maximum Gasteiger partial charge on any atom is 0.105 e. The smallest absolute Gasteiger partial charge is 0.105 e. The molecule has 2 saturated heterocycles. The first-order valence-corrected chi connectivity index (χ1v) is 8.07. The molecule has 0 amide bonds. The lowest BCUT2D eigenvalue weighted by Crippen LogP contribution is -2.48. The van der Waals surface area contributed by atoms with Gasteiger partial charge in [-0.15, -0.1) is 0 Å². The summed E-state index contributed by atoms with van der Waals surface area (Å²) in [5.74, 6) is 0. The van der Waals surface area contributed by atoms with E-state index in [9.17, 15) is 10.2 Å². The third kappa shape index (κ3) is 3.57. The molecule has 2 aliphatic rings. The van der Waals surface area contributed by atoms with Crippen molar-refractivity contribution in [2.24, 2.45) is 0 Å². The Hall–Kier alpha value is -0.680. The average molecular weight is 295 g/mol. The molecule has 4 heteroatoms. The second kappa shape index (κ2) is 7.05. The van der Waals surface area contributed by atoms with Crippen molar-refractivity contribution >= 4 is 0 Å². The SMILES string of the molecule is CC(=CC=CCCO)CC1C(O)C(C)(O)C2CCCCN12. The van der Waals surface area contributed by atoms with Crippen LogP contribution in [0.4, 0.5) is 0 Å². The normalized spacial score (nSPS) is 38.1. The topological polar surface area (TPSA) is 63.9 Å². The minimum Gasteiger partial charge on any atom is -0.396 e. The molecule has 4 nitrogen and oxygen atoms in total. The van der Waals surface area contributed by atoms with Crippen LogP contribution in [0.3, 0.4) is 0 Å². The zero-order valence-corrected chi connectivity index (χ0v) is 13.2. The first-order chi connectivity index (χ1) is 9.98. The number of hydrogen-bond acceptors (Lipinski definition) is 4. The van der Waals surface area contributed by atoms with E-state index in [4.69, 9.17) is 5.11 Å². The Morgan fingerprint density at radius 1 is 1.38 bits per heavy atom. The van der Waals surface area contributed by atoms with Crippen LogP contribution >= 0.6 is 0 Å². The molecule has 21 heavy (non-hydrogen) atoms. The molecule has 2 rings (SSSR count). The molecule has 0 aromatic heterocycles. The number of nitrogens with zero attached hydrogens (tertiary/aromatic N) is 1. The summed E-state index contributed by atoms with van der Waals surface area (Å²) in [5.41, 5.74) is 0.188. The number of aliphatic hydroxyl groups is 3. The largest absolute Gasteiger partial charge is 0.396 e. The Kier molecular flexibility index (Phi) is 5.60. The number of allylic oxidation sites excluding steroid dienone is 2. The quantitative estimate of drug-likeness (QED) is 0.674. The van der Waals surface area contributed by atoms with Gasteiger partial charge in [0.05, 0.1) is 6.10 Å². The van der Waals surface area contributed by atoms with Gasteiger partial charge in [0.2, 0.25) is 0 Å². The van der Waals surface area contributed by atoms with E-state index in [2.05, 4.69) is 11.8 Å². The van der Waals surface area contributed by atoms with Crippen molar-refractivity contribution in [2.75, 3.05) is 13.2 Å². The number of aliphatic hydroxyl groups excluding tert-OH is 2. The van der Waals surface area contributed by atoms with Gasteiger partial charge < -0.3 is 15.3 Å². The van der Waals surface area contributed by atoms with E-state index >= 15 is 0 Å². The van der Waals surface area contributed by atoms with Crippen LogP contribution in [-0.2, 0) is 0 Å². The Balaban J connectivity index is 2.04. The summed E-state index contributed by atoms with van der Waals surface area (Å²) in [7, 11) is 0. The van der Waals surface area contributed by atoms with E-state index < -0.39 is 11.7 Å². The van der Waals surface area contributed by atoms with Crippen LogP contribution in [0.5, 0.6) is 0 Å². The summed E-state index contributed by atoms with van der Waals surface area (Å²) >= 11 is 0. The highest BCUT2D eigenvalue weighted by Gasteiger charge is 2.55. The molecule has 0 aliphatic carbocycles. The second-order valence-electron chi connectivity index (χ2n) is 6.64. The zero-order chi connectivity index (χ0) is 15.5. The van der Waals surface area contributed by atoms with Gasteiger partial charge in [-0.05, 0) is 46.1 Å². The van der Waals surface area contributed by atoms with Gasteiger partial charge in [-0.2, -0.15) is 0 Å². The van der Waals surface area contributed by atoms with Crippen molar-refractivity contribution in [1.82, 2.24) is 4.90 Å². The Morgan fingerprint density at radius 2 is 2.14 bits per heavy atom. The summed E-state index contributed by atoms with van der Waals surface area (Å²) in [4.78, 5) is 2.31. The average Bonchev–Trinajstić information content (AvgIpc) is 2.66. The minimum atomic E-state index is -1.00. The molecule has 0 spiro atoms. The molecule has 0 aromatic rings. The highest BCUT2D eigenvalue weighted by Crippen LogP contribution is 2.41. The van der Waals surface area contributed by atoms with Gasteiger partial charge in [-0.1, -0.05) is 30.2 Å². The lowest BCUT2D eigenvalue weighted by molar-refractivity contribution is -0.0587. The number of fused-ring (bicyclic) bond motifs is 1. The highest BCUT2D eigenvalue weighted by atomic mass is 16.3. The Morgan fingerprint density at radius 3 is 2.86 bits per heavy atom. The van der Waals surface area contributed by atoms with Crippen LogP contribution in [0.25, 0.3) is 0 Å². The van der Waals surface area contributed by atoms with Gasteiger partial charge in [-0.25, -0.2) is 0 Å². The minimum absolute atomic E-state index is 0.00721. The van der Waals surface area contributed by atoms with Crippen LogP contribution in [0, 0.1) is 0 Å². The van der Waals surface area contributed by atoms with Crippen molar-refractivity contribution in [2.45, 2.75) is 69.7 Å². The lowest BCUT2D eigenvalue weighted by atomic mass is 9.88. The first-order valence-electron chi connectivity index (χ1n) is 8.07. The van der Waals surface area contributed by atoms with Crippen molar-refractivity contribution < 1.29 is 15.3 Å². The van der Waals surface area contributed by atoms with Gasteiger partial charge in [0.1, 0.15) is 5.60 Å². The highest BCUT2D eigenvalue weighted by molar-refractivity contribution is 5.17. The first kappa shape index (κ1) is 16.7. The van der Waals surface area contributed by atoms with Gasteiger partial charge in [-0.3, -0.25) is 4.90 Å². The van der Waals surface area contributed by atoms with E-state index in [1.54, 1.807) is 6.92 Å². The fourth-order valence-corrected chi connectivity index (χ4v) is 3.78. The molecule has 2 heterocycles. The number of hydrogen-bond donors (Lipinski definition) is 3. The molecule has 0 aromatic carbocycles. The van der Waals surface area contributed by atoms with Crippen molar-refractivity contribution in [3.05, 3.63) is 23.8 Å². The van der Waals surface area contributed by atoms with Crippen molar-refractivity contribution in [3.8, 4) is 0 Å². The molecular weight excluding hydrogens is 266 g/mol. The Labute approximate surface area is 127 Å². The predicted octanol–water partition coefficient (Wildman–Crippen LogP) is 1.61. The summed E-state index contributed by atoms with van der Waals surface area (Å²) in [6.07, 6.45) is 9.94. The van der Waals surface area contributed by atoms with E-state index in [0.29, 0.717) is 6.42 Å². The fourth-order valence-electron chi connectivity index (χ4n) is 3.78. The summed E-state index contributed by atoms with van der Waals surface area (Å²) in [6, 6.07) is 0.0942. The zero-order valence-electron chi connectivity index (χ0n) is 13.2. The predicted molar refractivity (Wildman–Crippen MR) is 84.0 cm³/mol. The summed E-state index contributed by atoms with van der Waals surface area (Å²) in [5, 5.41) is 29.9. The molecule has 4 atom stereocenters. The van der Waals surface area contributed by atoms with E-state index in [-0.39, 0.29) is 18.7 Å². The number of rotatable bonds is 5. The molecule has 120 valence electrons. The van der Waals surface area contributed by atoms with Gasteiger partial charge in [0.25, 0.3) is 0 Å².